The predicted octanol–water partition coefficient (Wildman–Crippen LogP) is 1.98. The number of aliphatic hydroxyl groups excluding tert-OH is 1. The lowest BCUT2D eigenvalue weighted by Crippen LogP contribution is -2.29. The zero-order chi connectivity index (χ0) is 16.1. The summed E-state index contributed by atoms with van der Waals surface area (Å²) in [5.41, 5.74) is 1.53. The van der Waals surface area contributed by atoms with E-state index in [1.807, 2.05) is 13.0 Å². The van der Waals surface area contributed by atoms with Gasteiger partial charge in [0.05, 0.1) is 11.4 Å². The molecular weight excluding hydrogens is 304 g/mol. The Morgan fingerprint density at radius 2 is 2.23 bits per heavy atom. The summed E-state index contributed by atoms with van der Waals surface area (Å²) in [6, 6.07) is 7.10. The van der Waals surface area contributed by atoms with Crippen molar-refractivity contribution in [2.45, 2.75) is 20.3 Å². The van der Waals surface area contributed by atoms with Crippen LogP contribution in [-0.2, 0) is 0 Å². The predicted molar refractivity (Wildman–Crippen MR) is 84.3 cm³/mol. The van der Waals surface area contributed by atoms with Gasteiger partial charge in [0.25, 0.3) is 5.91 Å². The normalized spacial score (nSPS) is 12.2. The van der Waals surface area contributed by atoms with Crippen molar-refractivity contribution in [1.29, 1.82) is 0 Å². The fourth-order valence-corrected chi connectivity index (χ4v) is 2.16. The average molecular weight is 323 g/mol. The molecule has 1 heterocycles. The summed E-state index contributed by atoms with van der Waals surface area (Å²) in [6.45, 7) is 4.30. The highest BCUT2D eigenvalue weighted by molar-refractivity contribution is 6.30. The van der Waals surface area contributed by atoms with Crippen LogP contribution in [0.5, 0.6) is 0 Å². The molecule has 0 aliphatic heterocycles. The van der Waals surface area contributed by atoms with Gasteiger partial charge in [-0.25, -0.2) is 0 Å². The van der Waals surface area contributed by atoms with Crippen molar-refractivity contribution in [2.75, 3.05) is 13.2 Å². The van der Waals surface area contributed by atoms with Gasteiger partial charge in [-0.2, -0.15) is 9.90 Å². The molecule has 2 rings (SSSR count). The highest BCUT2D eigenvalue weighted by Crippen LogP contribution is 2.14. The largest absolute Gasteiger partial charge is 0.396 e. The summed E-state index contributed by atoms with van der Waals surface area (Å²) in [5, 5.41) is 20.7. The number of hydrogen-bond acceptors (Lipinski definition) is 4. The molecule has 0 aliphatic carbocycles. The number of benzene rings is 1. The lowest BCUT2D eigenvalue weighted by Gasteiger charge is -2.10. The molecule has 0 saturated heterocycles. The zero-order valence-corrected chi connectivity index (χ0v) is 13.3. The summed E-state index contributed by atoms with van der Waals surface area (Å²) >= 11 is 5.95. The van der Waals surface area contributed by atoms with Crippen LogP contribution in [0.2, 0.25) is 5.02 Å². The van der Waals surface area contributed by atoms with Gasteiger partial charge in [-0.3, -0.25) is 4.79 Å². The molecule has 22 heavy (non-hydrogen) atoms. The molecule has 0 radical (unpaired) electrons. The van der Waals surface area contributed by atoms with Crippen molar-refractivity contribution in [3.63, 3.8) is 0 Å². The molecular formula is C15H19ClN4O2. The van der Waals surface area contributed by atoms with Gasteiger partial charge in [0.1, 0.15) is 0 Å². The molecule has 1 aromatic heterocycles. The summed E-state index contributed by atoms with van der Waals surface area (Å²) in [6.07, 6.45) is 0.647. The number of aromatic nitrogens is 3. The van der Waals surface area contributed by atoms with Crippen LogP contribution in [0.15, 0.2) is 24.3 Å². The van der Waals surface area contributed by atoms with Gasteiger partial charge < -0.3 is 10.4 Å². The topological polar surface area (TPSA) is 80.0 Å². The summed E-state index contributed by atoms with van der Waals surface area (Å²) < 4.78 is 0. The number of amides is 1. The van der Waals surface area contributed by atoms with E-state index in [0.717, 1.165) is 0 Å². The van der Waals surface area contributed by atoms with Gasteiger partial charge in [-0.15, -0.1) is 5.10 Å². The maximum Gasteiger partial charge on any atom is 0.273 e. The zero-order valence-electron chi connectivity index (χ0n) is 12.6. The van der Waals surface area contributed by atoms with Crippen molar-refractivity contribution in [3.05, 3.63) is 40.7 Å². The molecule has 0 spiro atoms. The molecule has 1 amide bonds. The molecule has 0 saturated carbocycles. The van der Waals surface area contributed by atoms with Gasteiger partial charge in [0.2, 0.25) is 0 Å². The number of carbonyl (C=O) groups excluding carboxylic acids is 1. The highest BCUT2D eigenvalue weighted by atomic mass is 35.5. The van der Waals surface area contributed by atoms with Crippen LogP contribution in [-0.4, -0.2) is 39.2 Å². The lowest BCUT2D eigenvalue weighted by molar-refractivity contribution is 0.0939. The number of aryl methyl sites for hydroxylation is 1. The minimum Gasteiger partial charge on any atom is -0.396 e. The van der Waals surface area contributed by atoms with Crippen molar-refractivity contribution >= 4 is 17.5 Å². The van der Waals surface area contributed by atoms with Crippen molar-refractivity contribution in [1.82, 2.24) is 20.3 Å². The molecule has 6 nitrogen and oxygen atoms in total. The molecule has 1 unspecified atom stereocenters. The average Bonchev–Trinajstić information content (AvgIpc) is 2.87. The highest BCUT2D eigenvalue weighted by Gasteiger charge is 2.16. The molecule has 0 aliphatic rings. The molecule has 118 valence electrons. The minimum atomic E-state index is -0.268. The third-order valence-corrected chi connectivity index (χ3v) is 3.50. The number of aliphatic hydroxyl groups is 1. The number of carbonyl (C=O) groups is 1. The fourth-order valence-electron chi connectivity index (χ4n) is 1.98. The second-order valence-corrected chi connectivity index (χ2v) is 5.67. The minimum absolute atomic E-state index is 0.112. The van der Waals surface area contributed by atoms with Crippen molar-refractivity contribution in [2.24, 2.45) is 5.92 Å². The Labute approximate surface area is 134 Å². The van der Waals surface area contributed by atoms with E-state index in [2.05, 4.69) is 15.5 Å². The third kappa shape index (κ3) is 4.05. The quantitative estimate of drug-likeness (QED) is 0.852. The molecule has 1 atom stereocenters. The number of nitrogens with one attached hydrogen (secondary N) is 1. The first-order chi connectivity index (χ1) is 10.5. The fraction of sp³-hybridized carbons (Fsp3) is 0.400. The van der Waals surface area contributed by atoms with Crippen LogP contribution in [0.1, 0.15) is 29.5 Å². The van der Waals surface area contributed by atoms with E-state index in [4.69, 9.17) is 16.7 Å². The third-order valence-electron chi connectivity index (χ3n) is 3.27. The SMILES string of the molecule is Cc1nn(-c2cccc(Cl)c2)nc1C(=O)NCC(C)CCO. The van der Waals surface area contributed by atoms with Crippen molar-refractivity contribution in [3.8, 4) is 5.69 Å². The number of nitrogens with zero attached hydrogens (tertiary/aromatic N) is 3. The van der Waals surface area contributed by atoms with Crippen LogP contribution in [0.4, 0.5) is 0 Å². The Morgan fingerprint density at radius 3 is 2.91 bits per heavy atom. The van der Waals surface area contributed by atoms with E-state index in [-0.39, 0.29) is 24.1 Å². The van der Waals surface area contributed by atoms with Crippen LogP contribution >= 0.6 is 11.6 Å². The maximum atomic E-state index is 12.2. The van der Waals surface area contributed by atoms with Gasteiger partial charge in [0, 0.05) is 18.2 Å². The second kappa shape index (κ2) is 7.38. The Hall–Kier alpha value is -1.92. The standard InChI is InChI=1S/C15H19ClN4O2/c1-10(6-7-21)9-17-15(22)14-11(2)18-20(19-14)13-5-3-4-12(16)8-13/h3-5,8,10,21H,6-7,9H2,1-2H3,(H,17,22). The number of rotatable bonds is 6. The van der Waals surface area contributed by atoms with Crippen LogP contribution in [0, 0.1) is 12.8 Å². The Morgan fingerprint density at radius 1 is 1.45 bits per heavy atom. The maximum absolute atomic E-state index is 12.2. The first-order valence-corrected chi connectivity index (χ1v) is 7.48. The van der Waals surface area contributed by atoms with Gasteiger partial charge in [-0.1, -0.05) is 24.6 Å². The molecule has 0 bridgehead atoms. The van der Waals surface area contributed by atoms with E-state index in [9.17, 15) is 4.79 Å². The van der Waals surface area contributed by atoms with Crippen LogP contribution in [0.25, 0.3) is 5.69 Å². The Bertz CT molecular complexity index is 657. The first-order valence-electron chi connectivity index (χ1n) is 7.10. The van der Waals surface area contributed by atoms with Crippen LogP contribution in [0.3, 0.4) is 0 Å². The Kier molecular flexibility index (Phi) is 5.51. The van der Waals surface area contributed by atoms with Gasteiger partial charge in [0.15, 0.2) is 5.69 Å². The number of halogens is 1. The van der Waals surface area contributed by atoms with E-state index in [0.29, 0.717) is 29.4 Å². The summed E-state index contributed by atoms with van der Waals surface area (Å²) in [7, 11) is 0. The molecule has 2 N–H and O–H groups in total. The van der Waals surface area contributed by atoms with Gasteiger partial charge >= 0.3 is 0 Å². The van der Waals surface area contributed by atoms with Gasteiger partial charge in [-0.05, 0) is 37.5 Å². The lowest BCUT2D eigenvalue weighted by atomic mass is 10.1. The summed E-state index contributed by atoms with van der Waals surface area (Å²) in [4.78, 5) is 13.6. The molecule has 7 heteroatoms. The number of hydrogen-bond donors (Lipinski definition) is 2. The van der Waals surface area contributed by atoms with E-state index in [1.165, 1.54) is 4.80 Å². The molecule has 1 aromatic carbocycles. The second-order valence-electron chi connectivity index (χ2n) is 5.23. The van der Waals surface area contributed by atoms with E-state index in [1.54, 1.807) is 25.1 Å². The Balaban J connectivity index is 2.11. The van der Waals surface area contributed by atoms with Crippen LogP contribution < -0.4 is 5.32 Å². The summed E-state index contributed by atoms with van der Waals surface area (Å²) in [5.74, 6) is -0.0622. The first kappa shape index (κ1) is 16.5. The smallest absolute Gasteiger partial charge is 0.273 e. The van der Waals surface area contributed by atoms with E-state index < -0.39 is 0 Å². The monoisotopic (exact) mass is 322 g/mol. The molecule has 0 fully saturated rings. The van der Waals surface area contributed by atoms with E-state index >= 15 is 0 Å². The van der Waals surface area contributed by atoms with Crippen molar-refractivity contribution < 1.29 is 9.90 Å². The molecule has 2 aromatic rings.